The Labute approximate surface area is 93.1 Å². The lowest BCUT2D eigenvalue weighted by Gasteiger charge is -2.06. The Morgan fingerprint density at radius 1 is 1.47 bits per heavy atom. The average Bonchev–Trinajstić information content (AvgIpc) is 2.30. The number of rotatable bonds is 3. The quantitative estimate of drug-likeness (QED) is 0.277. The van der Waals surface area contributed by atoms with Crippen molar-refractivity contribution < 1.29 is 4.74 Å². The Bertz CT molecular complexity index is 482. The second kappa shape index (κ2) is 5.06. The van der Waals surface area contributed by atoms with Crippen LogP contribution in [0.3, 0.4) is 0 Å². The Balaban J connectivity index is 3.24. The van der Waals surface area contributed by atoms with Gasteiger partial charge in [0.15, 0.2) is 0 Å². The highest BCUT2D eigenvalue weighted by atomic mass is 32.1. The first-order chi connectivity index (χ1) is 7.24. The maximum atomic E-state index is 8.72. The molecule has 0 spiro atoms. The van der Waals surface area contributed by atoms with Crippen LogP contribution in [0, 0.1) is 16.7 Å². The van der Waals surface area contributed by atoms with Crippen molar-refractivity contribution in [2.45, 2.75) is 0 Å². The predicted molar refractivity (Wildman–Crippen MR) is 61.5 cm³/mol. The van der Waals surface area contributed by atoms with Crippen LogP contribution in [0.25, 0.3) is 0 Å². The van der Waals surface area contributed by atoms with Crippen molar-refractivity contribution in [2.24, 2.45) is 0 Å². The number of hydrogen-bond acceptors (Lipinski definition) is 4. The second-order valence-corrected chi connectivity index (χ2v) is 3.05. The summed E-state index contributed by atoms with van der Waals surface area (Å²) in [5.41, 5.74) is 0.667. The largest absolute Gasteiger partial charge is 0.496 e. The number of nitrogens with one attached hydrogen (secondary N) is 1. The summed E-state index contributed by atoms with van der Waals surface area (Å²) in [5.74, 6) is 2.60. The number of thiocarbonyl (C=S) groups is 1. The molecule has 3 nitrogen and oxygen atoms in total. The van der Waals surface area contributed by atoms with Crippen molar-refractivity contribution in [1.82, 2.24) is 0 Å². The lowest BCUT2D eigenvalue weighted by molar-refractivity contribution is 0.414. The molecule has 0 atom stereocenters. The summed E-state index contributed by atoms with van der Waals surface area (Å²) in [7, 11) is 1.53. The number of ether oxygens (including phenoxy) is 1. The molecule has 1 N–H and O–H groups in total. The van der Waals surface area contributed by atoms with E-state index < -0.39 is 0 Å². The van der Waals surface area contributed by atoms with Crippen molar-refractivity contribution >= 4 is 23.0 Å². The minimum Gasteiger partial charge on any atom is -0.496 e. The number of nitriles is 1. The molecule has 0 aliphatic carbocycles. The second-order valence-electron chi connectivity index (χ2n) is 2.64. The summed E-state index contributed by atoms with van der Waals surface area (Å²) >= 11 is 5.07. The number of methoxy groups -OCH3 is 1. The fraction of sp³-hybridized carbons (Fsp3) is 0.0909. The van der Waals surface area contributed by atoms with Crippen molar-refractivity contribution in [1.29, 1.82) is 10.7 Å². The van der Waals surface area contributed by atoms with Crippen LogP contribution in [0.15, 0.2) is 29.8 Å². The van der Waals surface area contributed by atoms with Gasteiger partial charge in [0.2, 0.25) is 0 Å². The molecule has 0 bridgehead atoms. The molecular formula is C11H8N2OS. The molecule has 74 valence electrons. The van der Waals surface area contributed by atoms with E-state index in [-0.39, 0.29) is 10.4 Å². The average molecular weight is 216 g/mol. The van der Waals surface area contributed by atoms with Gasteiger partial charge >= 0.3 is 0 Å². The zero-order valence-electron chi connectivity index (χ0n) is 8.07. The number of para-hydroxylation sites is 1. The molecule has 0 saturated carbocycles. The van der Waals surface area contributed by atoms with E-state index in [0.29, 0.717) is 11.3 Å². The van der Waals surface area contributed by atoms with Gasteiger partial charge in [-0.05, 0) is 18.0 Å². The Kier molecular flexibility index (Phi) is 3.75. The maximum absolute atomic E-state index is 8.72. The first-order valence-corrected chi connectivity index (χ1v) is 4.53. The maximum Gasteiger partial charge on any atom is 0.131 e. The lowest BCUT2D eigenvalue weighted by Crippen LogP contribution is -2.03. The zero-order valence-corrected chi connectivity index (χ0v) is 8.89. The highest BCUT2D eigenvalue weighted by molar-refractivity contribution is 7.81. The van der Waals surface area contributed by atoms with Gasteiger partial charge in [-0.2, -0.15) is 5.26 Å². The lowest BCUT2D eigenvalue weighted by atomic mass is 10.1. The normalized spacial score (nSPS) is 8.53. The van der Waals surface area contributed by atoms with Crippen LogP contribution in [0.5, 0.6) is 5.75 Å². The first kappa shape index (κ1) is 11.1. The van der Waals surface area contributed by atoms with Crippen molar-refractivity contribution in [3.05, 3.63) is 35.4 Å². The molecule has 0 amide bonds. The molecule has 0 fully saturated rings. The van der Waals surface area contributed by atoms with Crippen LogP contribution in [0.4, 0.5) is 0 Å². The van der Waals surface area contributed by atoms with E-state index >= 15 is 0 Å². The molecule has 0 aliphatic rings. The molecule has 4 heteroatoms. The third-order valence-electron chi connectivity index (χ3n) is 1.82. The summed E-state index contributed by atoms with van der Waals surface area (Å²) in [6, 6.07) is 8.92. The van der Waals surface area contributed by atoms with Gasteiger partial charge in [-0.1, -0.05) is 24.4 Å². The Morgan fingerprint density at radius 3 is 2.67 bits per heavy atom. The SMILES string of the molecule is COc1ccccc1C(=S)C(=C=N)C#N. The number of hydrogen-bond donors (Lipinski definition) is 1. The zero-order chi connectivity index (χ0) is 11.3. The van der Waals surface area contributed by atoms with Gasteiger partial charge in [0.1, 0.15) is 17.4 Å². The number of allylic oxidation sites excluding steroid dienone is 1. The van der Waals surface area contributed by atoms with Gasteiger partial charge < -0.3 is 4.74 Å². The topological polar surface area (TPSA) is 56.9 Å². The van der Waals surface area contributed by atoms with Crippen LogP contribution < -0.4 is 4.74 Å². The minimum absolute atomic E-state index is 0.0366. The molecule has 0 heterocycles. The van der Waals surface area contributed by atoms with Gasteiger partial charge in [0, 0.05) is 5.56 Å². The van der Waals surface area contributed by atoms with E-state index in [1.807, 2.05) is 18.0 Å². The summed E-state index contributed by atoms with van der Waals surface area (Å²) in [6.07, 6.45) is 0. The highest BCUT2D eigenvalue weighted by Crippen LogP contribution is 2.20. The van der Waals surface area contributed by atoms with Gasteiger partial charge in [-0.25, -0.2) is 0 Å². The highest BCUT2D eigenvalue weighted by Gasteiger charge is 2.11. The summed E-state index contributed by atoms with van der Waals surface area (Å²) in [4.78, 5) is 0.282. The van der Waals surface area contributed by atoms with E-state index in [0.717, 1.165) is 0 Å². The van der Waals surface area contributed by atoms with E-state index in [1.54, 1.807) is 18.2 Å². The van der Waals surface area contributed by atoms with Crippen LogP contribution in [-0.2, 0) is 0 Å². The molecule has 1 rings (SSSR count). The molecule has 0 aliphatic heterocycles. The summed E-state index contributed by atoms with van der Waals surface area (Å²) < 4.78 is 5.11. The molecule has 0 radical (unpaired) electrons. The van der Waals surface area contributed by atoms with Crippen molar-refractivity contribution in [2.75, 3.05) is 7.11 Å². The van der Waals surface area contributed by atoms with Crippen molar-refractivity contribution in [3.63, 3.8) is 0 Å². The fourth-order valence-electron chi connectivity index (χ4n) is 1.10. The Hall–Kier alpha value is -1.95. The van der Waals surface area contributed by atoms with Gasteiger partial charge in [0.25, 0.3) is 0 Å². The standard InChI is InChI=1S/C11H8N2OS/c1-14-10-5-3-2-4-9(10)11(15)8(6-12)7-13/h2-5,12H,1H3. The van der Waals surface area contributed by atoms with E-state index in [1.165, 1.54) is 7.11 Å². The van der Waals surface area contributed by atoms with Gasteiger partial charge in [-0.3, -0.25) is 5.41 Å². The van der Waals surface area contributed by atoms with Crippen LogP contribution in [-0.4, -0.2) is 17.8 Å². The van der Waals surface area contributed by atoms with E-state index in [4.69, 9.17) is 27.6 Å². The van der Waals surface area contributed by atoms with Crippen LogP contribution >= 0.6 is 12.2 Å². The molecule has 0 unspecified atom stereocenters. The molecule has 15 heavy (non-hydrogen) atoms. The number of nitrogens with zero attached hydrogens (tertiary/aromatic N) is 1. The summed E-state index contributed by atoms with van der Waals surface area (Å²) in [5, 5.41) is 15.7. The predicted octanol–water partition coefficient (Wildman–Crippen LogP) is 2.11. The molecule has 0 aromatic heterocycles. The van der Waals surface area contributed by atoms with Crippen molar-refractivity contribution in [3.8, 4) is 11.8 Å². The smallest absolute Gasteiger partial charge is 0.131 e. The summed E-state index contributed by atoms with van der Waals surface area (Å²) in [6.45, 7) is 0. The molecule has 0 saturated heterocycles. The van der Waals surface area contributed by atoms with E-state index in [2.05, 4.69) is 0 Å². The minimum atomic E-state index is 0.0366. The Morgan fingerprint density at radius 2 is 2.13 bits per heavy atom. The van der Waals surface area contributed by atoms with Crippen LogP contribution in [0.1, 0.15) is 5.56 Å². The van der Waals surface area contributed by atoms with E-state index in [9.17, 15) is 0 Å². The third-order valence-corrected chi connectivity index (χ3v) is 2.24. The van der Waals surface area contributed by atoms with Gasteiger partial charge in [0.05, 0.1) is 12.0 Å². The van der Waals surface area contributed by atoms with Gasteiger partial charge in [-0.15, -0.1) is 0 Å². The monoisotopic (exact) mass is 216 g/mol. The molecule has 1 aromatic rings. The first-order valence-electron chi connectivity index (χ1n) is 4.12. The number of benzene rings is 1. The molecular weight excluding hydrogens is 208 g/mol. The fourth-order valence-corrected chi connectivity index (χ4v) is 1.37. The van der Waals surface area contributed by atoms with Crippen LogP contribution in [0.2, 0.25) is 0 Å². The third kappa shape index (κ3) is 2.29. The molecule has 1 aromatic carbocycles.